The van der Waals surface area contributed by atoms with Crippen molar-refractivity contribution in [3.8, 4) is 0 Å². The van der Waals surface area contributed by atoms with Gasteiger partial charge in [-0.3, -0.25) is 4.90 Å². The van der Waals surface area contributed by atoms with Gasteiger partial charge >= 0.3 is 0 Å². The molecule has 3 aromatic carbocycles. The van der Waals surface area contributed by atoms with Crippen LogP contribution in [0.3, 0.4) is 0 Å². The second-order valence-electron chi connectivity index (χ2n) is 10.1. The number of fused-ring (bicyclic) bond motifs is 2. The van der Waals surface area contributed by atoms with E-state index >= 15 is 0 Å². The fourth-order valence-electron chi connectivity index (χ4n) is 5.14. The monoisotopic (exact) mass is 520 g/mol. The highest BCUT2D eigenvalue weighted by atomic mass is 32.2. The van der Waals surface area contributed by atoms with Gasteiger partial charge in [-0.15, -0.1) is 0 Å². The Morgan fingerprint density at radius 1 is 0.974 bits per heavy atom. The van der Waals surface area contributed by atoms with E-state index in [0.717, 1.165) is 13.1 Å². The number of hydrogen-bond donors (Lipinski definition) is 0. The summed E-state index contributed by atoms with van der Waals surface area (Å²) in [5.74, 6) is 0. The summed E-state index contributed by atoms with van der Waals surface area (Å²) in [6, 6.07) is 29.3. The number of nitrogens with zero attached hydrogens (tertiary/aromatic N) is 3. The van der Waals surface area contributed by atoms with Crippen LogP contribution in [0.15, 0.2) is 101 Å². The fraction of sp³-hybridized carbons (Fsp3) is 0.265. The first-order valence-electron chi connectivity index (χ1n) is 13.6. The van der Waals surface area contributed by atoms with Gasteiger partial charge in [-0.25, -0.2) is 4.57 Å². The number of allylic oxidation sites excluding steroid dienone is 2. The third-order valence-electron chi connectivity index (χ3n) is 7.73. The normalized spacial score (nSPS) is 15.5. The molecule has 1 aliphatic rings. The van der Waals surface area contributed by atoms with E-state index in [1.807, 2.05) is 11.8 Å². The minimum atomic E-state index is 0.587. The quantitative estimate of drug-likeness (QED) is 0.219. The Labute approximate surface area is 232 Å². The van der Waals surface area contributed by atoms with E-state index in [0.29, 0.717) is 6.04 Å². The van der Waals surface area contributed by atoms with E-state index < -0.39 is 0 Å². The van der Waals surface area contributed by atoms with Crippen LogP contribution in [0.4, 0.5) is 5.69 Å². The number of thioether (sulfide) groups is 1. The highest BCUT2D eigenvalue weighted by Crippen LogP contribution is 2.45. The number of rotatable bonds is 8. The average Bonchev–Trinajstić information content (AvgIpc) is 3.27. The van der Waals surface area contributed by atoms with Gasteiger partial charge in [0.25, 0.3) is 0 Å². The molecule has 4 heteroatoms. The molecule has 0 saturated carbocycles. The molecule has 1 atom stereocenters. The van der Waals surface area contributed by atoms with E-state index in [1.165, 1.54) is 55.2 Å². The van der Waals surface area contributed by atoms with Crippen LogP contribution < -0.4 is 9.47 Å². The van der Waals surface area contributed by atoms with Crippen LogP contribution in [0.1, 0.15) is 43.9 Å². The number of benzene rings is 3. The first-order chi connectivity index (χ1) is 18.5. The smallest absolute Gasteiger partial charge is 0.212 e. The van der Waals surface area contributed by atoms with Gasteiger partial charge < -0.3 is 4.90 Å². The van der Waals surface area contributed by atoms with E-state index in [9.17, 15) is 0 Å². The zero-order valence-electron chi connectivity index (χ0n) is 23.2. The maximum Gasteiger partial charge on any atom is 0.212 e. The lowest BCUT2D eigenvalue weighted by molar-refractivity contribution is -0.644. The topological polar surface area (TPSA) is 10.4 Å². The molecule has 2 heterocycles. The molecule has 3 nitrogen and oxygen atoms in total. The molecule has 0 saturated heterocycles. The number of pyridine rings is 1. The second kappa shape index (κ2) is 11.6. The van der Waals surface area contributed by atoms with Crippen molar-refractivity contribution in [2.45, 2.75) is 44.7 Å². The van der Waals surface area contributed by atoms with Crippen LogP contribution in [0.5, 0.6) is 0 Å². The average molecular weight is 521 g/mol. The lowest BCUT2D eigenvalue weighted by Crippen LogP contribution is -2.31. The summed E-state index contributed by atoms with van der Waals surface area (Å²) in [5.41, 5.74) is 7.53. The third-order valence-corrected chi connectivity index (χ3v) is 8.89. The van der Waals surface area contributed by atoms with Crippen molar-refractivity contribution in [3.63, 3.8) is 0 Å². The highest BCUT2D eigenvalue weighted by Gasteiger charge is 2.22. The summed E-state index contributed by atoms with van der Waals surface area (Å²) < 4.78 is 2.19. The number of aryl methyl sites for hydroxylation is 1. The molecule has 0 aliphatic carbocycles. The molecule has 1 unspecified atom stereocenters. The largest absolute Gasteiger partial charge is 0.338 e. The summed E-state index contributed by atoms with van der Waals surface area (Å²) in [6.45, 7) is 8.90. The fourth-order valence-corrected chi connectivity index (χ4v) is 6.25. The van der Waals surface area contributed by atoms with Crippen LogP contribution in [0.2, 0.25) is 0 Å². The zero-order valence-corrected chi connectivity index (χ0v) is 24.0. The summed E-state index contributed by atoms with van der Waals surface area (Å²) in [6.07, 6.45) is 8.02. The number of aromatic nitrogens is 1. The SMILES string of the molecule is CCC(C)N(CC)Cc1ccc(C(=Cc2cc[n+](C)c3ccccc23)C=C2Sc3ccccc3N2C)cc1. The van der Waals surface area contributed by atoms with Gasteiger partial charge in [-0.1, -0.05) is 74.1 Å². The number of hydrogen-bond acceptors (Lipinski definition) is 3. The molecule has 5 rings (SSSR count). The lowest BCUT2D eigenvalue weighted by Gasteiger charge is -2.27. The molecule has 0 radical (unpaired) electrons. The molecule has 0 N–H and O–H groups in total. The summed E-state index contributed by atoms with van der Waals surface area (Å²) >= 11 is 1.84. The number of anilines is 1. The zero-order chi connectivity index (χ0) is 26.6. The summed E-state index contributed by atoms with van der Waals surface area (Å²) in [4.78, 5) is 6.15. The molecular weight excluding hydrogens is 482 g/mol. The molecule has 194 valence electrons. The van der Waals surface area contributed by atoms with Crippen LogP contribution in [0, 0.1) is 0 Å². The first-order valence-corrected chi connectivity index (χ1v) is 14.4. The van der Waals surface area contributed by atoms with Crippen LogP contribution in [-0.2, 0) is 13.6 Å². The van der Waals surface area contributed by atoms with E-state index in [-0.39, 0.29) is 0 Å². The predicted molar refractivity (Wildman–Crippen MR) is 164 cm³/mol. The second-order valence-corrected chi connectivity index (χ2v) is 11.2. The Kier molecular flexibility index (Phi) is 8.01. The van der Waals surface area contributed by atoms with Gasteiger partial charge in [0, 0.05) is 36.7 Å². The van der Waals surface area contributed by atoms with E-state index in [4.69, 9.17) is 0 Å². The van der Waals surface area contributed by atoms with Crippen molar-refractivity contribution in [1.29, 1.82) is 0 Å². The Morgan fingerprint density at radius 3 is 2.45 bits per heavy atom. The van der Waals surface area contributed by atoms with Gasteiger partial charge in [0.1, 0.15) is 7.05 Å². The van der Waals surface area contributed by atoms with E-state index in [1.54, 1.807) is 0 Å². The van der Waals surface area contributed by atoms with Crippen LogP contribution in [-0.4, -0.2) is 24.5 Å². The molecule has 1 aliphatic heterocycles. The van der Waals surface area contributed by atoms with Gasteiger partial charge in [0.15, 0.2) is 6.20 Å². The lowest BCUT2D eigenvalue weighted by atomic mass is 9.99. The molecule has 0 amide bonds. The third kappa shape index (κ3) is 5.43. The van der Waals surface area contributed by atoms with Crippen molar-refractivity contribution in [2.75, 3.05) is 18.5 Å². The molecule has 0 bridgehead atoms. The maximum absolute atomic E-state index is 2.55. The molecule has 1 aromatic heterocycles. The van der Waals surface area contributed by atoms with Crippen molar-refractivity contribution in [2.24, 2.45) is 7.05 Å². The molecule has 0 fully saturated rings. The molecule has 38 heavy (non-hydrogen) atoms. The maximum atomic E-state index is 2.55. The Balaban J connectivity index is 1.56. The molecule has 0 spiro atoms. The van der Waals surface area contributed by atoms with E-state index in [2.05, 4.69) is 146 Å². The summed E-state index contributed by atoms with van der Waals surface area (Å²) in [5, 5.41) is 2.49. The Hall–Kier alpha value is -3.34. The Bertz CT molecular complexity index is 1490. The van der Waals surface area contributed by atoms with Gasteiger partial charge in [-0.2, -0.15) is 0 Å². The van der Waals surface area contributed by atoms with Crippen LogP contribution >= 0.6 is 11.8 Å². The van der Waals surface area contributed by atoms with Crippen LogP contribution in [0.25, 0.3) is 22.6 Å². The van der Waals surface area contributed by atoms with Gasteiger partial charge in [-0.05, 0) is 72.5 Å². The highest BCUT2D eigenvalue weighted by molar-refractivity contribution is 8.03. The first kappa shape index (κ1) is 26.3. The molecule has 4 aromatic rings. The number of para-hydroxylation sites is 2. The van der Waals surface area contributed by atoms with Gasteiger partial charge in [0.2, 0.25) is 5.52 Å². The predicted octanol–water partition coefficient (Wildman–Crippen LogP) is 7.91. The van der Waals surface area contributed by atoms with Crippen molar-refractivity contribution < 1.29 is 4.57 Å². The van der Waals surface area contributed by atoms with Crippen molar-refractivity contribution >= 4 is 40.0 Å². The minimum Gasteiger partial charge on any atom is -0.338 e. The Morgan fingerprint density at radius 2 is 1.71 bits per heavy atom. The van der Waals surface area contributed by atoms with Crippen molar-refractivity contribution in [1.82, 2.24) is 4.90 Å². The van der Waals surface area contributed by atoms with Gasteiger partial charge in [0.05, 0.1) is 16.1 Å². The van der Waals surface area contributed by atoms with Crippen molar-refractivity contribution in [3.05, 3.63) is 113 Å². The minimum absolute atomic E-state index is 0.587. The standard InChI is InChI=1S/C34H38N3S/c1-6-25(3)37(7-2)24-26-16-18-27(19-17-26)29(23-34-36(5)32-14-10-11-15-33(32)38-34)22-28-20-21-35(4)31-13-9-8-12-30(28)31/h8-23,25H,6-7,24H2,1-5H3/q+1. The molecular formula is C34H38N3S+. The summed E-state index contributed by atoms with van der Waals surface area (Å²) in [7, 11) is 4.27.